The Balaban J connectivity index is 2.29. The van der Waals surface area contributed by atoms with E-state index < -0.39 is 0 Å². The average molecular weight is 246 g/mol. The van der Waals surface area contributed by atoms with Crippen molar-refractivity contribution in [1.29, 1.82) is 0 Å². The molecule has 1 rings (SSSR count). The Bertz CT molecular complexity index is 331. The summed E-state index contributed by atoms with van der Waals surface area (Å²) in [6, 6.07) is 4.73. The van der Waals surface area contributed by atoms with Crippen LogP contribution in [-0.2, 0) is 11.3 Å². The van der Waals surface area contributed by atoms with Crippen molar-refractivity contribution in [3.8, 4) is 0 Å². The molecule has 0 saturated heterocycles. The van der Waals surface area contributed by atoms with E-state index in [0.29, 0.717) is 29.8 Å². The predicted octanol–water partition coefficient (Wildman–Crippen LogP) is 2.99. The van der Waals surface area contributed by atoms with Gasteiger partial charge in [0.15, 0.2) is 0 Å². The molecule has 1 N–H and O–H groups in total. The first-order valence-electron chi connectivity index (χ1n) is 5.34. The lowest BCUT2D eigenvalue weighted by atomic mass is 10.2. The number of nitrogens with one attached hydrogen (secondary N) is 1. The molecule has 0 spiro atoms. The minimum Gasteiger partial charge on any atom is -0.375 e. The van der Waals surface area contributed by atoms with Crippen LogP contribution in [0.15, 0.2) is 18.2 Å². The van der Waals surface area contributed by atoms with Crippen molar-refractivity contribution < 1.29 is 9.13 Å². The first kappa shape index (κ1) is 13.4. The van der Waals surface area contributed by atoms with Crippen LogP contribution in [0.25, 0.3) is 0 Å². The molecule has 0 unspecified atom stereocenters. The van der Waals surface area contributed by atoms with Gasteiger partial charge in [-0.15, -0.1) is 0 Å². The van der Waals surface area contributed by atoms with Gasteiger partial charge in [0.25, 0.3) is 0 Å². The van der Waals surface area contributed by atoms with Gasteiger partial charge < -0.3 is 10.1 Å². The van der Waals surface area contributed by atoms with Crippen LogP contribution in [0.3, 0.4) is 0 Å². The number of ether oxygens (including phenoxy) is 1. The van der Waals surface area contributed by atoms with E-state index in [1.807, 2.05) is 0 Å². The zero-order valence-corrected chi connectivity index (χ0v) is 10.4. The van der Waals surface area contributed by atoms with E-state index in [0.717, 1.165) is 6.54 Å². The molecule has 0 saturated carbocycles. The van der Waals surface area contributed by atoms with E-state index in [9.17, 15) is 4.39 Å². The maximum atomic E-state index is 12.9. The minimum atomic E-state index is -0.289. The summed E-state index contributed by atoms with van der Waals surface area (Å²) in [6.45, 7) is 5.86. The summed E-state index contributed by atoms with van der Waals surface area (Å²) in [5, 5.41) is 3.77. The maximum Gasteiger partial charge on any atom is 0.123 e. The molecule has 0 heterocycles. The second kappa shape index (κ2) is 6.84. The van der Waals surface area contributed by atoms with Crippen LogP contribution < -0.4 is 5.32 Å². The zero-order valence-electron chi connectivity index (χ0n) is 9.59. The largest absolute Gasteiger partial charge is 0.375 e. The Morgan fingerprint density at radius 2 is 2.19 bits per heavy atom. The molecule has 0 radical (unpaired) electrons. The molecule has 4 heteroatoms. The topological polar surface area (TPSA) is 21.3 Å². The van der Waals surface area contributed by atoms with E-state index in [1.165, 1.54) is 12.1 Å². The van der Waals surface area contributed by atoms with Crippen LogP contribution >= 0.6 is 11.6 Å². The van der Waals surface area contributed by atoms with Gasteiger partial charge in [0.1, 0.15) is 5.82 Å². The molecular weight excluding hydrogens is 229 g/mol. The van der Waals surface area contributed by atoms with Crippen LogP contribution in [0.4, 0.5) is 4.39 Å². The predicted molar refractivity (Wildman–Crippen MR) is 64.2 cm³/mol. The molecule has 16 heavy (non-hydrogen) atoms. The van der Waals surface area contributed by atoms with Crippen molar-refractivity contribution in [1.82, 2.24) is 5.32 Å². The number of hydrogen-bond acceptors (Lipinski definition) is 2. The van der Waals surface area contributed by atoms with E-state index in [-0.39, 0.29) is 5.82 Å². The van der Waals surface area contributed by atoms with Crippen molar-refractivity contribution in [3.05, 3.63) is 34.6 Å². The fraction of sp³-hybridized carbons (Fsp3) is 0.500. The van der Waals surface area contributed by atoms with Crippen molar-refractivity contribution >= 4 is 11.6 Å². The Labute approximate surface area is 101 Å². The smallest absolute Gasteiger partial charge is 0.123 e. The van der Waals surface area contributed by atoms with Gasteiger partial charge in [0.2, 0.25) is 0 Å². The maximum absolute atomic E-state index is 12.9. The summed E-state index contributed by atoms with van der Waals surface area (Å²) in [5.74, 6) is -0.289. The van der Waals surface area contributed by atoms with E-state index >= 15 is 0 Å². The summed E-state index contributed by atoms with van der Waals surface area (Å²) in [7, 11) is 0. The molecule has 0 atom stereocenters. The Hall–Kier alpha value is -0.640. The lowest BCUT2D eigenvalue weighted by Crippen LogP contribution is -2.26. The average Bonchev–Trinajstić information content (AvgIpc) is 2.22. The van der Waals surface area contributed by atoms with Gasteiger partial charge in [-0.2, -0.15) is 0 Å². The third kappa shape index (κ3) is 4.92. The van der Waals surface area contributed by atoms with E-state index in [4.69, 9.17) is 16.3 Å². The standard InChI is InChI=1S/C12H17ClFNO/c1-9(2)15-5-6-16-8-10-7-11(14)3-4-12(10)13/h3-4,7,9,15H,5-6,8H2,1-2H3. The number of halogens is 2. The highest BCUT2D eigenvalue weighted by Crippen LogP contribution is 2.17. The summed E-state index contributed by atoms with van der Waals surface area (Å²) in [5.41, 5.74) is 0.686. The van der Waals surface area contributed by atoms with Gasteiger partial charge >= 0.3 is 0 Å². The molecule has 0 fully saturated rings. The van der Waals surface area contributed by atoms with E-state index in [2.05, 4.69) is 19.2 Å². The van der Waals surface area contributed by atoms with Crippen LogP contribution in [0, 0.1) is 5.82 Å². The van der Waals surface area contributed by atoms with Gasteiger partial charge in [-0.25, -0.2) is 4.39 Å². The molecule has 0 aliphatic carbocycles. The molecule has 1 aromatic carbocycles. The summed E-state index contributed by atoms with van der Waals surface area (Å²) in [4.78, 5) is 0. The quantitative estimate of drug-likeness (QED) is 0.778. The lowest BCUT2D eigenvalue weighted by Gasteiger charge is -2.09. The summed E-state index contributed by atoms with van der Waals surface area (Å²) < 4.78 is 18.3. The van der Waals surface area contributed by atoms with Gasteiger partial charge in [0.05, 0.1) is 13.2 Å². The van der Waals surface area contributed by atoms with Gasteiger partial charge in [-0.1, -0.05) is 25.4 Å². The zero-order chi connectivity index (χ0) is 12.0. The molecular formula is C12H17ClFNO. The number of hydrogen-bond donors (Lipinski definition) is 1. The second-order valence-corrected chi connectivity index (χ2v) is 4.30. The van der Waals surface area contributed by atoms with Gasteiger partial charge in [-0.05, 0) is 23.8 Å². The molecule has 2 nitrogen and oxygen atoms in total. The SMILES string of the molecule is CC(C)NCCOCc1cc(F)ccc1Cl. The lowest BCUT2D eigenvalue weighted by molar-refractivity contribution is 0.121. The van der Waals surface area contributed by atoms with Crippen molar-refractivity contribution in [2.75, 3.05) is 13.2 Å². The van der Waals surface area contributed by atoms with Crippen LogP contribution in [0.5, 0.6) is 0 Å². The third-order valence-corrected chi connectivity index (χ3v) is 2.43. The van der Waals surface area contributed by atoms with Crippen molar-refractivity contribution in [3.63, 3.8) is 0 Å². The molecule has 90 valence electrons. The van der Waals surface area contributed by atoms with Crippen LogP contribution in [-0.4, -0.2) is 19.2 Å². The van der Waals surface area contributed by atoms with Crippen molar-refractivity contribution in [2.45, 2.75) is 26.5 Å². The van der Waals surface area contributed by atoms with Gasteiger partial charge in [-0.3, -0.25) is 0 Å². The molecule has 0 aromatic heterocycles. The highest BCUT2D eigenvalue weighted by molar-refractivity contribution is 6.31. The molecule has 1 aromatic rings. The fourth-order valence-corrected chi connectivity index (χ4v) is 1.43. The minimum absolute atomic E-state index is 0.289. The van der Waals surface area contributed by atoms with Crippen molar-refractivity contribution in [2.24, 2.45) is 0 Å². The summed E-state index contributed by atoms with van der Waals surface area (Å²) >= 11 is 5.90. The number of benzene rings is 1. The molecule has 0 aliphatic heterocycles. The Morgan fingerprint density at radius 1 is 1.44 bits per heavy atom. The fourth-order valence-electron chi connectivity index (χ4n) is 1.26. The summed E-state index contributed by atoms with van der Waals surface area (Å²) in [6.07, 6.45) is 0. The monoisotopic (exact) mass is 245 g/mol. The van der Waals surface area contributed by atoms with Crippen LogP contribution in [0.1, 0.15) is 19.4 Å². The number of rotatable bonds is 6. The highest BCUT2D eigenvalue weighted by atomic mass is 35.5. The first-order chi connectivity index (χ1) is 7.59. The first-order valence-corrected chi connectivity index (χ1v) is 5.72. The normalized spacial score (nSPS) is 11.1. The third-order valence-electron chi connectivity index (χ3n) is 2.06. The Morgan fingerprint density at radius 3 is 2.88 bits per heavy atom. The molecule has 0 bridgehead atoms. The molecule has 0 aliphatic rings. The second-order valence-electron chi connectivity index (χ2n) is 3.90. The highest BCUT2D eigenvalue weighted by Gasteiger charge is 2.02. The van der Waals surface area contributed by atoms with Crippen LogP contribution in [0.2, 0.25) is 5.02 Å². The van der Waals surface area contributed by atoms with E-state index in [1.54, 1.807) is 6.07 Å². The van der Waals surface area contributed by atoms with Gasteiger partial charge in [0, 0.05) is 17.6 Å². The Kier molecular flexibility index (Phi) is 5.74. The molecule has 0 amide bonds.